The molecule has 39 heavy (non-hydrogen) atoms. The topological polar surface area (TPSA) is 86.7 Å². The van der Waals surface area contributed by atoms with Crippen molar-refractivity contribution in [3.05, 3.63) is 114 Å². The fourth-order valence-corrected chi connectivity index (χ4v) is 6.49. The zero-order chi connectivity index (χ0) is 28.5. The molecule has 0 bridgehead atoms. The Morgan fingerprint density at radius 3 is 1.21 bits per heavy atom. The van der Waals surface area contributed by atoms with Crippen molar-refractivity contribution < 1.29 is 27.5 Å². The second-order valence-electron chi connectivity index (χ2n) is 7.66. The quantitative estimate of drug-likeness (QED) is 0.151. The number of sulfone groups is 1. The van der Waals surface area contributed by atoms with Gasteiger partial charge in [0.15, 0.2) is 0 Å². The predicted molar refractivity (Wildman–Crippen MR) is 151 cm³/mol. The lowest BCUT2D eigenvalue weighted by molar-refractivity contribution is 0.0722. The molecule has 4 aromatic carbocycles. The van der Waals surface area contributed by atoms with Gasteiger partial charge in [-0.2, -0.15) is 0 Å². The molecule has 0 fully saturated rings. The molecule has 0 aliphatic carbocycles. The van der Waals surface area contributed by atoms with Gasteiger partial charge >= 0.3 is 11.9 Å². The summed E-state index contributed by atoms with van der Waals surface area (Å²) in [5, 5.41) is -0.0114. The standard InChI is InChI=1S/C26H12Cl6O6S/c27-13-7-9-19(37-25(33)23-15(29)3-1-4-16(23)30)21(11-13)39(35,36)22-12-14(28)8-10-20(22)38-26(34)24-17(31)5-2-6-18(24)32/h1-12H. The highest BCUT2D eigenvalue weighted by molar-refractivity contribution is 7.91. The summed E-state index contributed by atoms with van der Waals surface area (Å²) in [6, 6.07) is 15.8. The summed E-state index contributed by atoms with van der Waals surface area (Å²) in [6.45, 7) is 0. The minimum atomic E-state index is -4.60. The van der Waals surface area contributed by atoms with Crippen LogP contribution >= 0.6 is 69.6 Å². The molecule has 0 aromatic heterocycles. The summed E-state index contributed by atoms with van der Waals surface area (Å²) < 4.78 is 38.5. The molecule has 13 heteroatoms. The van der Waals surface area contributed by atoms with Gasteiger partial charge in [0, 0.05) is 10.0 Å². The Bertz CT molecular complexity index is 1580. The van der Waals surface area contributed by atoms with Gasteiger partial charge in [-0.3, -0.25) is 0 Å². The van der Waals surface area contributed by atoms with E-state index in [4.69, 9.17) is 79.1 Å². The Labute approximate surface area is 252 Å². The second-order valence-corrected chi connectivity index (χ2v) is 12.0. The van der Waals surface area contributed by atoms with Crippen molar-refractivity contribution in [3.8, 4) is 11.5 Å². The summed E-state index contributed by atoms with van der Waals surface area (Å²) in [6.07, 6.45) is 0. The summed E-state index contributed by atoms with van der Waals surface area (Å²) in [5.41, 5.74) is -0.346. The zero-order valence-electron chi connectivity index (χ0n) is 19.1. The van der Waals surface area contributed by atoms with Crippen molar-refractivity contribution in [1.29, 1.82) is 0 Å². The number of hydrogen-bond donors (Lipinski definition) is 0. The molecule has 0 heterocycles. The van der Waals surface area contributed by atoms with E-state index in [9.17, 15) is 18.0 Å². The summed E-state index contributed by atoms with van der Waals surface area (Å²) in [5.74, 6) is -2.83. The Hall–Kier alpha value is -2.49. The lowest BCUT2D eigenvalue weighted by Gasteiger charge is -2.15. The van der Waals surface area contributed by atoms with Crippen molar-refractivity contribution in [1.82, 2.24) is 0 Å². The van der Waals surface area contributed by atoms with Crippen molar-refractivity contribution in [2.45, 2.75) is 9.79 Å². The summed E-state index contributed by atoms with van der Waals surface area (Å²) in [4.78, 5) is 24.8. The molecule has 0 N–H and O–H groups in total. The molecule has 0 saturated carbocycles. The Morgan fingerprint density at radius 1 is 0.538 bits per heavy atom. The van der Waals surface area contributed by atoms with Crippen LogP contribution in [0.25, 0.3) is 0 Å². The highest BCUT2D eigenvalue weighted by Gasteiger charge is 2.30. The van der Waals surface area contributed by atoms with E-state index in [-0.39, 0.29) is 41.3 Å². The van der Waals surface area contributed by atoms with Crippen LogP contribution in [0, 0.1) is 0 Å². The van der Waals surface area contributed by atoms with E-state index >= 15 is 0 Å². The van der Waals surface area contributed by atoms with Gasteiger partial charge in [0.2, 0.25) is 9.84 Å². The molecular formula is C26H12Cl6O6S. The van der Waals surface area contributed by atoms with E-state index in [1.54, 1.807) is 0 Å². The van der Waals surface area contributed by atoms with Crippen molar-refractivity contribution in [2.75, 3.05) is 0 Å². The van der Waals surface area contributed by atoms with Crippen LogP contribution in [0.3, 0.4) is 0 Å². The SMILES string of the molecule is O=C(Oc1ccc(Cl)cc1S(=O)(=O)c1cc(Cl)ccc1OC(=O)c1c(Cl)cccc1Cl)c1c(Cl)cccc1Cl. The fourth-order valence-electron chi connectivity index (χ4n) is 3.36. The number of ether oxygens (including phenoxy) is 2. The number of carbonyl (C=O) groups excluding carboxylic acids is 2. The van der Waals surface area contributed by atoms with E-state index < -0.39 is 43.1 Å². The Morgan fingerprint density at radius 2 is 0.872 bits per heavy atom. The maximum atomic E-state index is 13.9. The first-order valence-corrected chi connectivity index (χ1v) is 14.3. The number of benzene rings is 4. The molecule has 6 nitrogen and oxygen atoms in total. The van der Waals surface area contributed by atoms with Crippen molar-refractivity contribution in [3.63, 3.8) is 0 Å². The smallest absolute Gasteiger partial charge is 0.346 e. The molecule has 0 radical (unpaired) electrons. The van der Waals surface area contributed by atoms with E-state index in [1.165, 1.54) is 60.7 Å². The molecule has 0 spiro atoms. The molecule has 0 unspecified atom stereocenters. The number of rotatable bonds is 6. The predicted octanol–water partition coefficient (Wildman–Crippen LogP) is 8.88. The summed E-state index contributed by atoms with van der Waals surface area (Å²) >= 11 is 36.6. The third-order valence-corrected chi connectivity index (χ3v) is 8.66. The van der Waals surface area contributed by atoms with Gasteiger partial charge in [-0.25, -0.2) is 18.0 Å². The van der Waals surface area contributed by atoms with Crippen LogP contribution in [0.4, 0.5) is 0 Å². The van der Waals surface area contributed by atoms with E-state index in [2.05, 4.69) is 0 Å². The molecular weight excluding hydrogens is 653 g/mol. The van der Waals surface area contributed by atoms with Crippen molar-refractivity contribution in [2.24, 2.45) is 0 Å². The minimum Gasteiger partial charge on any atom is -0.421 e. The van der Waals surface area contributed by atoms with Crippen LogP contribution in [-0.4, -0.2) is 20.4 Å². The normalized spacial score (nSPS) is 11.2. The molecule has 200 valence electrons. The van der Waals surface area contributed by atoms with Crippen LogP contribution in [0.15, 0.2) is 82.6 Å². The van der Waals surface area contributed by atoms with Crippen molar-refractivity contribution >= 4 is 91.4 Å². The monoisotopic (exact) mass is 662 g/mol. The van der Waals surface area contributed by atoms with Gasteiger partial charge in [0.05, 0.1) is 31.2 Å². The largest absolute Gasteiger partial charge is 0.421 e. The number of halogens is 6. The van der Waals surface area contributed by atoms with Gasteiger partial charge < -0.3 is 9.47 Å². The fraction of sp³-hybridized carbons (Fsp3) is 0. The second kappa shape index (κ2) is 11.9. The first-order chi connectivity index (χ1) is 18.4. The maximum absolute atomic E-state index is 13.9. The lowest BCUT2D eigenvalue weighted by Crippen LogP contribution is -2.15. The van der Waals surface area contributed by atoms with Crippen LogP contribution in [0.2, 0.25) is 30.1 Å². The van der Waals surface area contributed by atoms with Crippen LogP contribution in [-0.2, 0) is 9.84 Å². The van der Waals surface area contributed by atoms with E-state index in [0.29, 0.717) is 0 Å². The molecule has 4 aromatic rings. The molecule has 4 rings (SSSR count). The molecule has 0 saturated heterocycles. The highest BCUT2D eigenvalue weighted by Crippen LogP contribution is 2.39. The van der Waals surface area contributed by atoms with Gasteiger partial charge in [0.1, 0.15) is 21.3 Å². The van der Waals surface area contributed by atoms with Gasteiger partial charge in [-0.05, 0) is 60.7 Å². The first kappa shape index (κ1) is 29.5. The molecule has 0 amide bonds. The van der Waals surface area contributed by atoms with Crippen LogP contribution in [0.5, 0.6) is 11.5 Å². The number of carbonyl (C=O) groups is 2. The third-order valence-electron chi connectivity index (χ3n) is 5.13. The maximum Gasteiger partial charge on any atom is 0.346 e. The van der Waals surface area contributed by atoms with Crippen LogP contribution in [0.1, 0.15) is 20.7 Å². The van der Waals surface area contributed by atoms with E-state index in [1.807, 2.05) is 0 Å². The summed E-state index contributed by atoms with van der Waals surface area (Å²) in [7, 11) is -4.60. The molecule has 0 atom stereocenters. The zero-order valence-corrected chi connectivity index (χ0v) is 24.4. The average Bonchev–Trinajstić information content (AvgIpc) is 2.86. The van der Waals surface area contributed by atoms with Gasteiger partial charge in [0.25, 0.3) is 0 Å². The first-order valence-electron chi connectivity index (χ1n) is 10.6. The molecule has 0 aliphatic heterocycles. The number of esters is 2. The highest BCUT2D eigenvalue weighted by atomic mass is 35.5. The molecule has 0 aliphatic rings. The Kier molecular flexibility index (Phi) is 9.03. The van der Waals surface area contributed by atoms with Gasteiger partial charge in [-0.15, -0.1) is 0 Å². The van der Waals surface area contributed by atoms with Gasteiger partial charge in [-0.1, -0.05) is 81.7 Å². The third kappa shape index (κ3) is 6.31. The Balaban J connectivity index is 1.79. The lowest BCUT2D eigenvalue weighted by atomic mass is 10.2. The van der Waals surface area contributed by atoms with E-state index in [0.717, 1.165) is 12.1 Å². The average molecular weight is 665 g/mol. The van der Waals surface area contributed by atoms with Crippen LogP contribution < -0.4 is 9.47 Å². The minimum absolute atomic E-state index is 0.00635. The number of hydrogen-bond acceptors (Lipinski definition) is 6.